The van der Waals surface area contributed by atoms with Crippen molar-refractivity contribution in [3.63, 3.8) is 0 Å². The highest BCUT2D eigenvalue weighted by Gasteiger charge is 2.47. The van der Waals surface area contributed by atoms with Gasteiger partial charge in [0.2, 0.25) is 0 Å². The van der Waals surface area contributed by atoms with Crippen LogP contribution in [0.1, 0.15) is 47.2 Å². The SMILES string of the molecule is CC1(C)c2c(-c3ccc(N(c4ccccc4)c4ccc(-c5ccccn5)cc4-c4cccc5c4-c4ccccc4C5(c4ccccc4)c4ccccc4)cc3)cccc2-c2ccc3ccccc3c21. The topological polar surface area (TPSA) is 16.1 Å². The molecule has 326 valence electrons. The molecule has 0 N–H and O–H groups in total. The first-order chi connectivity index (χ1) is 34.0. The number of rotatable bonds is 8. The third-order valence-electron chi connectivity index (χ3n) is 15.0. The fourth-order valence-corrected chi connectivity index (χ4v) is 12.1. The fourth-order valence-electron chi connectivity index (χ4n) is 12.1. The Bertz CT molecular complexity index is 3690. The number of anilines is 3. The molecule has 2 nitrogen and oxygen atoms in total. The molecule has 0 spiro atoms. The zero-order chi connectivity index (χ0) is 46.1. The van der Waals surface area contributed by atoms with Gasteiger partial charge in [0.15, 0.2) is 0 Å². The van der Waals surface area contributed by atoms with Crippen molar-refractivity contribution in [2.75, 3.05) is 4.90 Å². The summed E-state index contributed by atoms with van der Waals surface area (Å²) in [6, 6.07) is 91.6. The summed E-state index contributed by atoms with van der Waals surface area (Å²) in [5, 5.41) is 2.62. The number of fused-ring (bicyclic) bond motifs is 8. The summed E-state index contributed by atoms with van der Waals surface area (Å²) in [5.74, 6) is 0. The summed E-state index contributed by atoms with van der Waals surface area (Å²) in [7, 11) is 0. The molecule has 1 heterocycles. The number of para-hydroxylation sites is 1. The van der Waals surface area contributed by atoms with Crippen LogP contribution in [0.15, 0.2) is 255 Å². The van der Waals surface area contributed by atoms with Crippen LogP contribution in [-0.2, 0) is 10.8 Å². The van der Waals surface area contributed by atoms with E-state index in [4.69, 9.17) is 4.98 Å². The number of nitrogens with zero attached hydrogens (tertiary/aromatic N) is 2. The van der Waals surface area contributed by atoms with Gasteiger partial charge in [0.05, 0.1) is 16.8 Å². The summed E-state index contributed by atoms with van der Waals surface area (Å²) < 4.78 is 0. The second-order valence-corrected chi connectivity index (χ2v) is 19.0. The van der Waals surface area contributed by atoms with Crippen LogP contribution >= 0.6 is 0 Å². The molecule has 69 heavy (non-hydrogen) atoms. The smallest absolute Gasteiger partial charge is 0.0713 e. The lowest BCUT2D eigenvalue weighted by atomic mass is 9.67. The maximum Gasteiger partial charge on any atom is 0.0713 e. The zero-order valence-electron chi connectivity index (χ0n) is 38.6. The lowest BCUT2D eigenvalue weighted by molar-refractivity contribution is 0.668. The molecule has 0 bridgehead atoms. The van der Waals surface area contributed by atoms with E-state index in [0.717, 1.165) is 33.9 Å². The molecule has 2 aliphatic rings. The fraction of sp³-hybridized carbons (Fsp3) is 0.0597. The van der Waals surface area contributed by atoms with E-state index in [0.29, 0.717) is 0 Å². The first-order valence-electron chi connectivity index (χ1n) is 24.0. The molecule has 0 fully saturated rings. The molecule has 0 amide bonds. The predicted molar refractivity (Wildman–Crippen MR) is 288 cm³/mol. The van der Waals surface area contributed by atoms with E-state index in [2.05, 4.69) is 261 Å². The highest BCUT2D eigenvalue weighted by molar-refractivity contribution is 6.02. The summed E-state index contributed by atoms with van der Waals surface area (Å²) in [5.41, 5.74) is 22.3. The first-order valence-corrected chi connectivity index (χ1v) is 24.0. The van der Waals surface area contributed by atoms with E-state index in [1.807, 2.05) is 12.3 Å². The van der Waals surface area contributed by atoms with Crippen LogP contribution in [0.3, 0.4) is 0 Å². The van der Waals surface area contributed by atoms with E-state index in [9.17, 15) is 0 Å². The van der Waals surface area contributed by atoms with Crippen LogP contribution in [0.25, 0.3) is 66.5 Å². The molecule has 0 atom stereocenters. The van der Waals surface area contributed by atoms with Crippen LogP contribution in [-0.4, -0.2) is 4.98 Å². The van der Waals surface area contributed by atoms with Gasteiger partial charge in [-0.05, 0) is 132 Å². The van der Waals surface area contributed by atoms with Crippen molar-refractivity contribution in [2.45, 2.75) is 24.7 Å². The molecule has 0 unspecified atom stereocenters. The van der Waals surface area contributed by atoms with E-state index in [-0.39, 0.29) is 5.41 Å². The number of hydrogen-bond donors (Lipinski definition) is 0. The molecule has 0 aliphatic heterocycles. The highest BCUT2D eigenvalue weighted by Crippen LogP contribution is 2.60. The quantitative estimate of drug-likeness (QED) is 0.151. The Labute approximate surface area is 404 Å². The number of aromatic nitrogens is 1. The first kappa shape index (κ1) is 40.7. The highest BCUT2D eigenvalue weighted by atomic mass is 15.1. The van der Waals surface area contributed by atoms with Crippen LogP contribution in [0.5, 0.6) is 0 Å². The molecule has 0 saturated heterocycles. The average molecular weight is 881 g/mol. The van der Waals surface area contributed by atoms with Gasteiger partial charge >= 0.3 is 0 Å². The maximum absolute atomic E-state index is 4.87. The molecule has 1 aromatic heterocycles. The molecular weight excluding hydrogens is 833 g/mol. The molecule has 0 saturated carbocycles. The minimum atomic E-state index is -0.529. The molecule has 0 radical (unpaired) electrons. The van der Waals surface area contributed by atoms with Crippen LogP contribution in [0.4, 0.5) is 17.1 Å². The van der Waals surface area contributed by atoms with E-state index in [1.165, 1.54) is 83.1 Å². The lowest BCUT2D eigenvalue weighted by Crippen LogP contribution is -2.28. The maximum atomic E-state index is 4.87. The van der Waals surface area contributed by atoms with Gasteiger partial charge in [-0.25, -0.2) is 0 Å². The Morgan fingerprint density at radius 1 is 0.377 bits per heavy atom. The van der Waals surface area contributed by atoms with E-state index in [1.54, 1.807) is 0 Å². The van der Waals surface area contributed by atoms with Gasteiger partial charge in [-0.1, -0.05) is 214 Å². The largest absolute Gasteiger partial charge is 0.310 e. The summed E-state index contributed by atoms with van der Waals surface area (Å²) in [6.07, 6.45) is 1.88. The molecule has 11 aromatic rings. The number of pyridine rings is 1. The van der Waals surface area contributed by atoms with E-state index < -0.39 is 5.41 Å². The van der Waals surface area contributed by atoms with Gasteiger partial charge in [0.1, 0.15) is 0 Å². The Morgan fingerprint density at radius 2 is 0.957 bits per heavy atom. The summed E-state index contributed by atoms with van der Waals surface area (Å²) >= 11 is 0. The Hall–Kier alpha value is -8.59. The lowest BCUT2D eigenvalue weighted by Gasteiger charge is -2.34. The molecule has 13 rings (SSSR count). The van der Waals surface area contributed by atoms with Gasteiger partial charge in [-0.15, -0.1) is 0 Å². The summed E-state index contributed by atoms with van der Waals surface area (Å²) in [6.45, 7) is 4.80. The molecular formula is C67H48N2. The normalized spacial score (nSPS) is 13.6. The van der Waals surface area contributed by atoms with E-state index >= 15 is 0 Å². The van der Waals surface area contributed by atoms with Crippen molar-refractivity contribution < 1.29 is 0 Å². The Balaban J connectivity index is 1.02. The molecule has 10 aromatic carbocycles. The third kappa shape index (κ3) is 6.22. The van der Waals surface area contributed by atoms with Crippen molar-refractivity contribution in [2.24, 2.45) is 0 Å². The van der Waals surface area contributed by atoms with Crippen molar-refractivity contribution in [3.05, 3.63) is 288 Å². The molecule has 2 aliphatic carbocycles. The minimum Gasteiger partial charge on any atom is -0.310 e. The standard InChI is InChI=1S/C67H48N2/c1-66(2)64-53(29-18-31-55(64)56-41-37-45-20-12-13-27-52(45)65(56)66)46-35-39-51(40-36-46)69(50-25-10-5-11-26-50)62-42-38-47(61-34-16-17-43-68-61)44-58(62)54-30-19-33-60-63(54)57-28-14-15-32-59(57)67(60,48-21-6-3-7-22-48)49-23-8-4-9-24-49/h3-44H,1-2H3. The summed E-state index contributed by atoms with van der Waals surface area (Å²) in [4.78, 5) is 7.31. The monoisotopic (exact) mass is 880 g/mol. The predicted octanol–water partition coefficient (Wildman–Crippen LogP) is 17.4. The van der Waals surface area contributed by atoms with Gasteiger partial charge in [0.25, 0.3) is 0 Å². The van der Waals surface area contributed by atoms with Crippen molar-refractivity contribution in [1.82, 2.24) is 4.98 Å². The Kier molecular flexibility index (Phi) is 9.45. The van der Waals surface area contributed by atoms with Crippen LogP contribution in [0.2, 0.25) is 0 Å². The van der Waals surface area contributed by atoms with Crippen molar-refractivity contribution in [1.29, 1.82) is 0 Å². The Morgan fingerprint density at radius 3 is 1.71 bits per heavy atom. The van der Waals surface area contributed by atoms with Crippen LogP contribution in [0, 0.1) is 0 Å². The second-order valence-electron chi connectivity index (χ2n) is 19.0. The van der Waals surface area contributed by atoms with Crippen molar-refractivity contribution >= 4 is 27.8 Å². The van der Waals surface area contributed by atoms with Crippen molar-refractivity contribution in [3.8, 4) is 55.8 Å². The third-order valence-corrected chi connectivity index (χ3v) is 15.0. The minimum absolute atomic E-state index is 0.186. The zero-order valence-corrected chi connectivity index (χ0v) is 38.6. The van der Waals surface area contributed by atoms with Gasteiger partial charge in [0, 0.05) is 34.1 Å². The second kappa shape index (κ2) is 16.0. The average Bonchev–Trinajstić information content (AvgIpc) is 3.86. The van der Waals surface area contributed by atoms with Crippen LogP contribution < -0.4 is 4.90 Å². The molecule has 2 heteroatoms. The number of hydrogen-bond acceptors (Lipinski definition) is 2. The number of benzene rings is 10. The van der Waals surface area contributed by atoms with Gasteiger partial charge in [-0.3, -0.25) is 4.98 Å². The van der Waals surface area contributed by atoms with Gasteiger partial charge < -0.3 is 4.90 Å². The van der Waals surface area contributed by atoms with Gasteiger partial charge in [-0.2, -0.15) is 0 Å².